The SMILES string of the molecule is NCc1cnc(Oc2ccccc2CCO)cn1. The summed E-state index contributed by atoms with van der Waals surface area (Å²) in [4.78, 5) is 8.23. The molecule has 0 fully saturated rings. The third kappa shape index (κ3) is 3.03. The molecule has 1 aromatic carbocycles. The summed E-state index contributed by atoms with van der Waals surface area (Å²) < 4.78 is 5.64. The summed E-state index contributed by atoms with van der Waals surface area (Å²) in [7, 11) is 0. The average molecular weight is 245 g/mol. The van der Waals surface area contributed by atoms with Crippen molar-refractivity contribution in [3.8, 4) is 11.6 Å². The van der Waals surface area contributed by atoms with Crippen molar-refractivity contribution >= 4 is 0 Å². The van der Waals surface area contributed by atoms with Gasteiger partial charge in [-0.2, -0.15) is 0 Å². The Morgan fingerprint density at radius 3 is 2.67 bits per heavy atom. The molecule has 0 radical (unpaired) electrons. The molecule has 1 aromatic heterocycles. The Labute approximate surface area is 105 Å². The number of para-hydroxylation sites is 1. The molecule has 3 N–H and O–H groups in total. The number of aromatic nitrogens is 2. The van der Waals surface area contributed by atoms with Gasteiger partial charge in [-0.15, -0.1) is 0 Å². The number of aliphatic hydroxyl groups is 1. The lowest BCUT2D eigenvalue weighted by Crippen LogP contribution is -2.01. The van der Waals surface area contributed by atoms with Crippen molar-refractivity contribution in [2.24, 2.45) is 5.73 Å². The number of nitrogens with two attached hydrogens (primary N) is 1. The molecule has 0 bridgehead atoms. The summed E-state index contributed by atoms with van der Waals surface area (Å²) in [6.07, 6.45) is 3.67. The van der Waals surface area contributed by atoms with E-state index in [0.29, 0.717) is 30.3 Å². The van der Waals surface area contributed by atoms with Crippen LogP contribution in [0, 0.1) is 0 Å². The molecule has 0 atom stereocenters. The molecule has 0 saturated carbocycles. The van der Waals surface area contributed by atoms with Crippen LogP contribution in [-0.2, 0) is 13.0 Å². The van der Waals surface area contributed by atoms with Crippen LogP contribution in [0.5, 0.6) is 11.6 Å². The number of rotatable bonds is 5. The van der Waals surface area contributed by atoms with E-state index in [1.807, 2.05) is 24.3 Å². The summed E-state index contributed by atoms with van der Waals surface area (Å²) in [5.74, 6) is 1.10. The Morgan fingerprint density at radius 1 is 1.17 bits per heavy atom. The topological polar surface area (TPSA) is 81.3 Å². The van der Waals surface area contributed by atoms with Gasteiger partial charge in [0.25, 0.3) is 0 Å². The molecule has 5 heteroatoms. The molecule has 0 amide bonds. The first kappa shape index (κ1) is 12.5. The Bertz CT molecular complexity index is 500. The van der Waals surface area contributed by atoms with E-state index in [0.717, 1.165) is 5.56 Å². The van der Waals surface area contributed by atoms with Gasteiger partial charge in [-0.25, -0.2) is 4.98 Å². The number of ether oxygens (including phenoxy) is 1. The van der Waals surface area contributed by atoms with Gasteiger partial charge in [0.1, 0.15) is 5.75 Å². The lowest BCUT2D eigenvalue weighted by atomic mass is 10.1. The van der Waals surface area contributed by atoms with Crippen molar-refractivity contribution in [2.75, 3.05) is 6.61 Å². The Kier molecular flexibility index (Phi) is 4.22. The quantitative estimate of drug-likeness (QED) is 0.828. The molecule has 0 aliphatic carbocycles. The van der Waals surface area contributed by atoms with E-state index in [4.69, 9.17) is 15.6 Å². The average Bonchev–Trinajstić information content (AvgIpc) is 2.42. The summed E-state index contributed by atoms with van der Waals surface area (Å²) in [6, 6.07) is 7.52. The maximum atomic E-state index is 8.98. The summed E-state index contributed by atoms with van der Waals surface area (Å²) in [6.45, 7) is 0.437. The van der Waals surface area contributed by atoms with Gasteiger partial charge < -0.3 is 15.6 Å². The van der Waals surface area contributed by atoms with Crippen LogP contribution in [0.1, 0.15) is 11.3 Å². The first-order valence-electron chi connectivity index (χ1n) is 5.71. The van der Waals surface area contributed by atoms with Gasteiger partial charge in [-0.1, -0.05) is 18.2 Å². The second-order valence-corrected chi connectivity index (χ2v) is 3.73. The molecule has 94 valence electrons. The smallest absolute Gasteiger partial charge is 0.237 e. The van der Waals surface area contributed by atoms with Gasteiger partial charge >= 0.3 is 0 Å². The summed E-state index contributed by atoms with van der Waals surface area (Å²) >= 11 is 0. The minimum absolute atomic E-state index is 0.0815. The molecule has 2 rings (SSSR count). The van der Waals surface area contributed by atoms with Crippen LogP contribution in [0.2, 0.25) is 0 Å². The fraction of sp³-hybridized carbons (Fsp3) is 0.231. The van der Waals surface area contributed by atoms with Crippen LogP contribution in [0.4, 0.5) is 0 Å². The lowest BCUT2D eigenvalue weighted by molar-refractivity contribution is 0.297. The molecule has 0 aliphatic rings. The van der Waals surface area contributed by atoms with Gasteiger partial charge in [0.2, 0.25) is 5.88 Å². The van der Waals surface area contributed by atoms with E-state index in [1.165, 1.54) is 6.20 Å². The van der Waals surface area contributed by atoms with Gasteiger partial charge in [0, 0.05) is 13.2 Å². The lowest BCUT2D eigenvalue weighted by Gasteiger charge is -2.09. The van der Waals surface area contributed by atoms with Gasteiger partial charge in [-0.05, 0) is 18.1 Å². The fourth-order valence-electron chi connectivity index (χ4n) is 1.54. The Morgan fingerprint density at radius 2 is 2.00 bits per heavy atom. The first-order chi connectivity index (χ1) is 8.83. The van der Waals surface area contributed by atoms with E-state index >= 15 is 0 Å². The number of aliphatic hydroxyl groups excluding tert-OH is 1. The van der Waals surface area contributed by atoms with Crippen molar-refractivity contribution in [3.63, 3.8) is 0 Å². The highest BCUT2D eigenvalue weighted by Gasteiger charge is 2.05. The highest BCUT2D eigenvalue weighted by atomic mass is 16.5. The summed E-state index contributed by atoms with van der Waals surface area (Å²) in [5, 5.41) is 8.98. The van der Waals surface area contributed by atoms with Gasteiger partial charge in [0.15, 0.2) is 0 Å². The van der Waals surface area contributed by atoms with Crippen molar-refractivity contribution in [2.45, 2.75) is 13.0 Å². The second kappa shape index (κ2) is 6.09. The zero-order valence-corrected chi connectivity index (χ0v) is 9.91. The van der Waals surface area contributed by atoms with E-state index in [-0.39, 0.29) is 6.61 Å². The first-order valence-corrected chi connectivity index (χ1v) is 5.71. The number of benzene rings is 1. The maximum Gasteiger partial charge on any atom is 0.237 e. The molecule has 1 heterocycles. The molecular weight excluding hydrogens is 230 g/mol. The van der Waals surface area contributed by atoms with Gasteiger partial charge in [0.05, 0.1) is 18.1 Å². The van der Waals surface area contributed by atoms with Crippen molar-refractivity contribution in [1.29, 1.82) is 0 Å². The van der Waals surface area contributed by atoms with Crippen LogP contribution in [0.3, 0.4) is 0 Å². The largest absolute Gasteiger partial charge is 0.437 e. The van der Waals surface area contributed by atoms with E-state index in [2.05, 4.69) is 9.97 Å². The summed E-state index contributed by atoms with van der Waals surface area (Å²) in [5.41, 5.74) is 7.09. The van der Waals surface area contributed by atoms with Crippen LogP contribution in [-0.4, -0.2) is 21.7 Å². The number of hydrogen-bond donors (Lipinski definition) is 2. The van der Waals surface area contributed by atoms with Crippen LogP contribution in [0.15, 0.2) is 36.7 Å². The Balaban J connectivity index is 2.17. The normalized spacial score (nSPS) is 10.3. The van der Waals surface area contributed by atoms with Crippen molar-refractivity contribution in [3.05, 3.63) is 47.9 Å². The monoisotopic (exact) mass is 245 g/mol. The standard InChI is InChI=1S/C13H15N3O2/c14-7-11-8-16-13(9-15-11)18-12-4-2-1-3-10(12)5-6-17/h1-4,8-9,17H,5-7,14H2. The number of nitrogens with zero attached hydrogens (tertiary/aromatic N) is 2. The minimum Gasteiger partial charge on any atom is -0.437 e. The molecule has 18 heavy (non-hydrogen) atoms. The highest BCUT2D eigenvalue weighted by molar-refractivity contribution is 5.35. The molecule has 0 unspecified atom stereocenters. The predicted octanol–water partition coefficient (Wildman–Crippen LogP) is 1.26. The van der Waals surface area contributed by atoms with E-state index in [1.54, 1.807) is 6.20 Å². The predicted molar refractivity (Wildman–Crippen MR) is 67.2 cm³/mol. The number of hydrogen-bond acceptors (Lipinski definition) is 5. The second-order valence-electron chi connectivity index (χ2n) is 3.73. The van der Waals surface area contributed by atoms with E-state index in [9.17, 15) is 0 Å². The minimum atomic E-state index is 0.0815. The third-order valence-corrected chi connectivity index (χ3v) is 2.46. The molecule has 0 aliphatic heterocycles. The third-order valence-electron chi connectivity index (χ3n) is 2.46. The maximum absolute atomic E-state index is 8.98. The van der Waals surface area contributed by atoms with Crippen molar-refractivity contribution in [1.82, 2.24) is 9.97 Å². The van der Waals surface area contributed by atoms with Crippen LogP contribution < -0.4 is 10.5 Å². The molecule has 2 aromatic rings. The van der Waals surface area contributed by atoms with Gasteiger partial charge in [-0.3, -0.25) is 4.98 Å². The fourth-order valence-corrected chi connectivity index (χ4v) is 1.54. The van der Waals surface area contributed by atoms with Crippen LogP contribution >= 0.6 is 0 Å². The molecule has 5 nitrogen and oxygen atoms in total. The van der Waals surface area contributed by atoms with E-state index < -0.39 is 0 Å². The van der Waals surface area contributed by atoms with Crippen LogP contribution in [0.25, 0.3) is 0 Å². The zero-order chi connectivity index (χ0) is 12.8. The zero-order valence-electron chi connectivity index (χ0n) is 9.91. The molecule has 0 spiro atoms. The van der Waals surface area contributed by atoms with Crippen molar-refractivity contribution < 1.29 is 9.84 Å². The molecular formula is C13H15N3O2. The Hall–Kier alpha value is -1.98. The molecule has 0 saturated heterocycles. The highest BCUT2D eigenvalue weighted by Crippen LogP contribution is 2.23.